The number of anilines is 1. The lowest BCUT2D eigenvalue weighted by molar-refractivity contribution is -0.112. The Morgan fingerprint density at radius 1 is 1.50 bits per heavy atom. The van der Waals surface area contributed by atoms with Gasteiger partial charge in [0.2, 0.25) is 0 Å². The van der Waals surface area contributed by atoms with Gasteiger partial charge in [-0.1, -0.05) is 0 Å². The molecular formula is C21H29N3O2. The fourth-order valence-corrected chi connectivity index (χ4v) is 4.32. The second kappa shape index (κ2) is 7.28. The number of rotatable bonds is 8. The van der Waals surface area contributed by atoms with Gasteiger partial charge in [0, 0.05) is 31.6 Å². The second-order valence-corrected chi connectivity index (χ2v) is 7.93. The van der Waals surface area contributed by atoms with E-state index in [4.69, 9.17) is 4.74 Å². The van der Waals surface area contributed by atoms with Gasteiger partial charge in [0.1, 0.15) is 12.0 Å². The fourth-order valence-electron chi connectivity index (χ4n) is 4.32. The average molecular weight is 355 g/mol. The average Bonchev–Trinajstić information content (AvgIpc) is 3.33. The minimum Gasteiger partial charge on any atom is -0.494 e. The lowest BCUT2D eigenvalue weighted by Crippen LogP contribution is -2.21. The molecule has 0 bridgehead atoms. The molecule has 5 heteroatoms. The van der Waals surface area contributed by atoms with Gasteiger partial charge < -0.3 is 14.4 Å². The van der Waals surface area contributed by atoms with Gasteiger partial charge in [-0.3, -0.25) is 4.90 Å². The number of carbonyl (C=O) groups excluding carboxylic acids is 1. The van der Waals surface area contributed by atoms with Crippen LogP contribution < -0.4 is 9.64 Å². The molecule has 0 spiro atoms. The molecule has 1 unspecified atom stereocenters. The largest absolute Gasteiger partial charge is 0.494 e. The van der Waals surface area contributed by atoms with Gasteiger partial charge in [0.25, 0.3) is 0 Å². The Morgan fingerprint density at radius 2 is 2.23 bits per heavy atom. The molecule has 140 valence electrons. The Balaban J connectivity index is 1.82. The SMILES string of the molecule is COc1c(N(C)CCCC2(C=O)CC2)cc2c(c1C)C(CC#N)N(C)C2. The number of nitriles is 1. The van der Waals surface area contributed by atoms with Crippen molar-refractivity contribution >= 4 is 12.0 Å². The molecule has 1 aromatic rings. The summed E-state index contributed by atoms with van der Waals surface area (Å²) in [5.74, 6) is 0.904. The molecule has 1 saturated carbocycles. The highest BCUT2D eigenvalue weighted by molar-refractivity contribution is 5.67. The molecule has 2 aliphatic rings. The highest BCUT2D eigenvalue weighted by Crippen LogP contribution is 2.48. The van der Waals surface area contributed by atoms with Crippen LogP contribution in [0.4, 0.5) is 5.69 Å². The van der Waals surface area contributed by atoms with Gasteiger partial charge >= 0.3 is 0 Å². The molecule has 1 heterocycles. The van der Waals surface area contributed by atoms with Gasteiger partial charge in [-0.2, -0.15) is 5.26 Å². The molecule has 1 fully saturated rings. The van der Waals surface area contributed by atoms with Crippen molar-refractivity contribution in [2.75, 3.05) is 32.6 Å². The number of hydrogen-bond acceptors (Lipinski definition) is 5. The highest BCUT2D eigenvalue weighted by atomic mass is 16.5. The first-order valence-electron chi connectivity index (χ1n) is 9.41. The molecule has 3 rings (SSSR count). The molecule has 1 aromatic carbocycles. The molecule has 1 atom stereocenters. The molecule has 1 aliphatic carbocycles. The quantitative estimate of drug-likeness (QED) is 0.667. The Morgan fingerprint density at radius 3 is 2.81 bits per heavy atom. The van der Waals surface area contributed by atoms with Crippen LogP contribution in [0, 0.1) is 23.7 Å². The van der Waals surface area contributed by atoms with Gasteiger partial charge in [-0.15, -0.1) is 0 Å². The number of benzene rings is 1. The third-order valence-electron chi connectivity index (χ3n) is 6.13. The Bertz CT molecular complexity index is 734. The van der Waals surface area contributed by atoms with Crippen LogP contribution in [0.5, 0.6) is 5.75 Å². The van der Waals surface area contributed by atoms with E-state index >= 15 is 0 Å². The summed E-state index contributed by atoms with van der Waals surface area (Å²) in [5.41, 5.74) is 4.76. The summed E-state index contributed by atoms with van der Waals surface area (Å²) in [5, 5.41) is 9.18. The molecule has 5 nitrogen and oxygen atoms in total. The summed E-state index contributed by atoms with van der Waals surface area (Å²) in [6, 6.07) is 4.68. The van der Waals surface area contributed by atoms with Crippen LogP contribution in [0.15, 0.2) is 6.07 Å². The van der Waals surface area contributed by atoms with Gasteiger partial charge in [-0.05, 0) is 62.4 Å². The molecular weight excluding hydrogens is 326 g/mol. The molecule has 26 heavy (non-hydrogen) atoms. The van der Waals surface area contributed by atoms with E-state index in [1.54, 1.807) is 7.11 Å². The first kappa shape index (κ1) is 18.7. The monoisotopic (exact) mass is 355 g/mol. The molecule has 0 amide bonds. The highest BCUT2D eigenvalue weighted by Gasteiger charge is 2.41. The number of methoxy groups -OCH3 is 1. The van der Waals surface area contributed by atoms with E-state index in [1.165, 1.54) is 11.1 Å². The first-order valence-corrected chi connectivity index (χ1v) is 9.41. The summed E-state index contributed by atoms with van der Waals surface area (Å²) >= 11 is 0. The van der Waals surface area contributed by atoms with E-state index in [2.05, 4.69) is 43.0 Å². The fraction of sp³-hybridized carbons (Fsp3) is 0.619. The standard InChI is InChI=1S/C21H29N3O2/c1-15-19-16(13-24(3)17(19)6-10-22)12-18(20(15)26-4)23(2)11-5-7-21(14-25)8-9-21/h12,14,17H,5-9,11,13H2,1-4H3. The molecule has 1 aliphatic heterocycles. The van der Waals surface area contributed by atoms with E-state index in [9.17, 15) is 10.1 Å². The van der Waals surface area contributed by atoms with E-state index in [0.717, 1.165) is 62.1 Å². The van der Waals surface area contributed by atoms with Crippen molar-refractivity contribution in [1.29, 1.82) is 5.26 Å². The molecule has 0 saturated heterocycles. The third kappa shape index (κ3) is 3.31. The molecule has 0 aromatic heterocycles. The topological polar surface area (TPSA) is 56.6 Å². The van der Waals surface area contributed by atoms with E-state index in [-0.39, 0.29) is 11.5 Å². The number of nitrogens with zero attached hydrogens (tertiary/aromatic N) is 3. The van der Waals surface area contributed by atoms with Crippen LogP contribution in [0.25, 0.3) is 0 Å². The maximum absolute atomic E-state index is 11.2. The number of carbonyl (C=O) groups is 1. The maximum Gasteiger partial charge on any atom is 0.145 e. The summed E-state index contributed by atoms with van der Waals surface area (Å²) in [4.78, 5) is 15.6. The normalized spacial score (nSPS) is 20.3. The van der Waals surface area contributed by atoms with Crippen molar-refractivity contribution in [2.45, 2.75) is 51.6 Å². The summed E-state index contributed by atoms with van der Waals surface area (Å²) in [6.45, 7) is 3.87. The van der Waals surface area contributed by atoms with Crippen molar-refractivity contribution in [3.8, 4) is 11.8 Å². The lowest BCUT2D eigenvalue weighted by atomic mass is 9.95. The van der Waals surface area contributed by atoms with Crippen molar-refractivity contribution in [1.82, 2.24) is 4.90 Å². The first-order chi connectivity index (χ1) is 12.5. The van der Waals surface area contributed by atoms with Crippen LogP contribution >= 0.6 is 0 Å². The van der Waals surface area contributed by atoms with Gasteiger partial charge in [0.15, 0.2) is 0 Å². The van der Waals surface area contributed by atoms with Gasteiger partial charge in [-0.25, -0.2) is 0 Å². The Kier molecular flexibility index (Phi) is 5.24. The minimum atomic E-state index is -0.0218. The summed E-state index contributed by atoms with van der Waals surface area (Å²) in [7, 11) is 5.89. The zero-order chi connectivity index (χ0) is 18.9. The van der Waals surface area contributed by atoms with Crippen LogP contribution in [-0.4, -0.2) is 38.9 Å². The zero-order valence-corrected chi connectivity index (χ0v) is 16.3. The maximum atomic E-state index is 11.2. The van der Waals surface area contributed by atoms with Crippen LogP contribution in [0.3, 0.4) is 0 Å². The van der Waals surface area contributed by atoms with E-state index < -0.39 is 0 Å². The number of hydrogen-bond donors (Lipinski definition) is 0. The van der Waals surface area contributed by atoms with Crippen LogP contribution in [0.2, 0.25) is 0 Å². The lowest BCUT2D eigenvalue weighted by Gasteiger charge is -2.26. The third-order valence-corrected chi connectivity index (χ3v) is 6.13. The Hall–Kier alpha value is -2.06. The van der Waals surface area contributed by atoms with Crippen molar-refractivity contribution in [3.63, 3.8) is 0 Å². The Labute approximate surface area is 156 Å². The molecule has 0 radical (unpaired) electrons. The second-order valence-electron chi connectivity index (χ2n) is 7.93. The van der Waals surface area contributed by atoms with Crippen molar-refractivity contribution in [2.24, 2.45) is 5.41 Å². The number of fused-ring (bicyclic) bond motifs is 1. The van der Waals surface area contributed by atoms with Crippen molar-refractivity contribution < 1.29 is 9.53 Å². The van der Waals surface area contributed by atoms with E-state index in [0.29, 0.717) is 6.42 Å². The van der Waals surface area contributed by atoms with Crippen LogP contribution in [0.1, 0.15) is 54.8 Å². The number of aldehydes is 1. The van der Waals surface area contributed by atoms with Gasteiger partial charge in [0.05, 0.1) is 25.3 Å². The summed E-state index contributed by atoms with van der Waals surface area (Å²) in [6.07, 6.45) is 5.72. The zero-order valence-electron chi connectivity index (χ0n) is 16.3. The minimum absolute atomic E-state index is 0.0218. The van der Waals surface area contributed by atoms with Crippen LogP contribution in [-0.2, 0) is 11.3 Å². The van der Waals surface area contributed by atoms with E-state index in [1.807, 2.05) is 0 Å². The smallest absolute Gasteiger partial charge is 0.145 e. The van der Waals surface area contributed by atoms with Crippen molar-refractivity contribution in [3.05, 3.63) is 22.8 Å². The predicted octanol–water partition coefficient (Wildman–Crippen LogP) is 3.60. The molecule has 0 N–H and O–H groups in total. The summed E-state index contributed by atoms with van der Waals surface area (Å²) < 4.78 is 5.77. The predicted molar refractivity (Wildman–Crippen MR) is 102 cm³/mol. The number of ether oxygens (including phenoxy) is 1.